The first-order chi connectivity index (χ1) is 24.5. The number of aliphatic imine (C=N–C) groups is 1. The number of halogens is 1. The molecule has 5 aromatic rings. The smallest absolute Gasteiger partial charge is 0.407 e. The highest BCUT2D eigenvalue weighted by molar-refractivity contribution is 14.1. The Morgan fingerprint density at radius 2 is 1.53 bits per heavy atom. The molecule has 262 valence electrons. The maximum absolute atomic E-state index is 13.5. The predicted molar refractivity (Wildman–Crippen MR) is 207 cm³/mol. The Morgan fingerprint density at radius 3 is 2.14 bits per heavy atom. The number of carbonyl (C=O) groups is 2. The Hall–Kier alpha value is -4.97. The number of rotatable bonds is 11. The van der Waals surface area contributed by atoms with E-state index in [1.54, 1.807) is 6.20 Å². The first kappa shape index (κ1) is 35.8. The van der Waals surface area contributed by atoms with Gasteiger partial charge in [0.25, 0.3) is 0 Å². The molecular formula is C41H41IN4O5. The van der Waals surface area contributed by atoms with Crippen LogP contribution in [0.15, 0.2) is 114 Å². The molecule has 51 heavy (non-hydrogen) atoms. The molecule has 0 unspecified atom stereocenters. The van der Waals surface area contributed by atoms with Crippen molar-refractivity contribution < 1.29 is 24.2 Å². The van der Waals surface area contributed by atoms with E-state index in [0.29, 0.717) is 5.82 Å². The van der Waals surface area contributed by atoms with Crippen LogP contribution in [0.4, 0.5) is 4.79 Å². The second kappa shape index (κ2) is 15.5. The zero-order chi connectivity index (χ0) is 36.1. The molecule has 1 heterocycles. The van der Waals surface area contributed by atoms with Crippen LogP contribution in [-0.2, 0) is 14.3 Å². The summed E-state index contributed by atoms with van der Waals surface area (Å²) in [7, 11) is 0. The lowest BCUT2D eigenvalue weighted by Crippen LogP contribution is -2.46. The summed E-state index contributed by atoms with van der Waals surface area (Å²) in [4.78, 5) is 39.1. The normalized spacial score (nSPS) is 14.6. The summed E-state index contributed by atoms with van der Waals surface area (Å²) in [5.74, 6) is -0.850. The lowest BCUT2D eigenvalue weighted by molar-refractivity contribution is -0.137. The van der Waals surface area contributed by atoms with Gasteiger partial charge in [-0.15, -0.1) is 0 Å². The summed E-state index contributed by atoms with van der Waals surface area (Å²) in [5, 5.41) is 12.8. The van der Waals surface area contributed by atoms with Gasteiger partial charge in [0.05, 0.1) is 18.3 Å². The van der Waals surface area contributed by atoms with Gasteiger partial charge < -0.3 is 24.9 Å². The van der Waals surface area contributed by atoms with Crippen molar-refractivity contribution in [3.8, 4) is 22.4 Å². The maximum Gasteiger partial charge on any atom is 0.407 e. The number of aromatic nitrogens is 2. The van der Waals surface area contributed by atoms with Crippen LogP contribution >= 0.6 is 22.6 Å². The van der Waals surface area contributed by atoms with Gasteiger partial charge in [-0.1, -0.05) is 97.9 Å². The number of hydrogen-bond acceptors (Lipinski definition) is 6. The average Bonchev–Trinajstić information content (AvgIpc) is 3.72. The predicted octanol–water partition coefficient (Wildman–Crippen LogP) is 9.12. The second-order valence-electron chi connectivity index (χ2n) is 13.6. The van der Waals surface area contributed by atoms with E-state index in [9.17, 15) is 14.7 Å². The minimum absolute atomic E-state index is 0.0680. The van der Waals surface area contributed by atoms with Crippen molar-refractivity contribution in [2.45, 2.75) is 63.6 Å². The molecule has 6 rings (SSSR count). The molecule has 1 aromatic heterocycles. The Bertz CT molecular complexity index is 1970. The fourth-order valence-electron chi connectivity index (χ4n) is 6.41. The molecule has 9 nitrogen and oxygen atoms in total. The molecule has 10 heteroatoms. The van der Waals surface area contributed by atoms with Crippen LogP contribution in [0.2, 0.25) is 0 Å². The number of amides is 1. The number of aliphatic carboxylic acids is 1. The van der Waals surface area contributed by atoms with E-state index >= 15 is 0 Å². The molecule has 0 spiro atoms. The van der Waals surface area contributed by atoms with Gasteiger partial charge in [-0.2, -0.15) is 0 Å². The maximum atomic E-state index is 13.5. The number of nitrogens with zero attached hydrogens (tertiary/aromatic N) is 2. The number of aromatic amines is 1. The summed E-state index contributed by atoms with van der Waals surface area (Å²) in [6, 6.07) is 32.4. The highest BCUT2D eigenvalue weighted by atomic mass is 127. The highest BCUT2D eigenvalue weighted by Gasteiger charge is 2.33. The molecule has 1 aliphatic carbocycles. The van der Waals surface area contributed by atoms with Gasteiger partial charge in [-0.25, -0.2) is 14.8 Å². The number of carboxylic acid groups (broad SMARTS) is 1. The zero-order valence-corrected chi connectivity index (χ0v) is 31.1. The van der Waals surface area contributed by atoms with Crippen LogP contribution < -0.4 is 5.32 Å². The molecule has 0 saturated carbocycles. The van der Waals surface area contributed by atoms with Crippen molar-refractivity contribution in [1.82, 2.24) is 15.3 Å². The highest BCUT2D eigenvalue weighted by Crippen LogP contribution is 2.44. The molecule has 1 amide bonds. The molecular weight excluding hydrogens is 755 g/mol. The summed E-state index contributed by atoms with van der Waals surface area (Å²) >= 11 is 2.27. The van der Waals surface area contributed by atoms with Crippen LogP contribution in [0.1, 0.15) is 74.5 Å². The quantitative estimate of drug-likeness (QED) is 0.0696. The molecule has 3 N–H and O–H groups in total. The number of H-pyrrole nitrogens is 1. The number of benzene rings is 4. The average molecular weight is 797 g/mol. The standard InChI is InChI=1S/C41H41IN4O5/c1-25(26-12-6-5-7-13-26)37(38-43-23-35(44-38)27-18-20-28(42)21-19-27)46-39(51-41(2,3)4)34(22-36(47)48)45-40(49)50-24-33-31-16-10-8-14-29(31)30-15-9-11-17-32(30)33/h5-21,23,25,33-34,37H,22,24H2,1-4H3,(H,43,44)(H,45,49)(H,47,48)/t25-,34-,37+/m1/s1. The van der Waals surface area contributed by atoms with Crippen LogP contribution in [0.25, 0.3) is 22.4 Å². The van der Waals surface area contributed by atoms with E-state index in [1.165, 1.54) is 0 Å². The molecule has 0 fully saturated rings. The topological polar surface area (TPSA) is 126 Å². The number of carboxylic acids is 1. The number of alkyl carbamates (subject to hydrolysis) is 1. The van der Waals surface area contributed by atoms with Gasteiger partial charge >= 0.3 is 12.1 Å². The number of fused-ring (bicyclic) bond motifs is 3. The Morgan fingerprint density at radius 1 is 0.922 bits per heavy atom. The number of nitrogens with one attached hydrogen (secondary N) is 2. The Kier molecular flexibility index (Phi) is 10.9. The van der Waals surface area contributed by atoms with Crippen LogP contribution in [0, 0.1) is 3.57 Å². The summed E-state index contributed by atoms with van der Waals surface area (Å²) in [6.45, 7) is 7.67. The second-order valence-corrected chi connectivity index (χ2v) is 14.9. The Balaban J connectivity index is 1.32. The number of hydrogen-bond donors (Lipinski definition) is 3. The molecule has 0 aliphatic heterocycles. The molecule has 0 radical (unpaired) electrons. The van der Waals surface area contributed by atoms with Crippen LogP contribution in [-0.4, -0.2) is 51.3 Å². The Labute approximate surface area is 311 Å². The van der Waals surface area contributed by atoms with E-state index in [-0.39, 0.29) is 24.3 Å². The number of imidazole rings is 1. The van der Waals surface area contributed by atoms with Crippen molar-refractivity contribution in [3.05, 3.63) is 135 Å². The molecule has 3 atom stereocenters. The molecule has 0 saturated heterocycles. The van der Waals surface area contributed by atoms with E-state index < -0.39 is 36.2 Å². The lowest BCUT2D eigenvalue weighted by atomic mass is 9.93. The van der Waals surface area contributed by atoms with Crippen molar-refractivity contribution in [2.75, 3.05) is 6.61 Å². The van der Waals surface area contributed by atoms with Gasteiger partial charge in [0, 0.05) is 15.4 Å². The van der Waals surface area contributed by atoms with Crippen molar-refractivity contribution in [3.63, 3.8) is 0 Å². The van der Waals surface area contributed by atoms with E-state index in [4.69, 9.17) is 19.5 Å². The van der Waals surface area contributed by atoms with Crippen LogP contribution in [0.3, 0.4) is 0 Å². The third-order valence-electron chi connectivity index (χ3n) is 8.82. The van der Waals surface area contributed by atoms with Gasteiger partial charge in [-0.3, -0.25) is 4.79 Å². The summed E-state index contributed by atoms with van der Waals surface area (Å²) in [5.41, 5.74) is 6.40. The van der Waals surface area contributed by atoms with Gasteiger partial charge in [0.2, 0.25) is 5.90 Å². The SMILES string of the molecule is C[C@H](c1ccccc1)[C@H](N=C(OC(C)(C)C)[C@@H](CC(=O)O)NC(=O)OCC1c2ccccc2-c2ccccc21)c1ncc(-c2ccc(I)cc2)[nH]1. The summed E-state index contributed by atoms with van der Waals surface area (Å²) < 4.78 is 13.3. The molecule has 1 aliphatic rings. The van der Waals surface area contributed by atoms with Crippen molar-refractivity contribution in [2.24, 2.45) is 4.99 Å². The van der Waals surface area contributed by atoms with E-state index in [0.717, 1.165) is 42.6 Å². The first-order valence-electron chi connectivity index (χ1n) is 16.9. The third-order valence-corrected chi connectivity index (χ3v) is 9.54. The van der Waals surface area contributed by atoms with Crippen molar-refractivity contribution in [1.29, 1.82) is 0 Å². The van der Waals surface area contributed by atoms with E-state index in [2.05, 4.69) is 45.0 Å². The molecule has 0 bridgehead atoms. The fourth-order valence-corrected chi connectivity index (χ4v) is 6.77. The fraction of sp³-hybridized carbons (Fsp3) is 0.268. The van der Waals surface area contributed by atoms with Crippen LogP contribution in [0.5, 0.6) is 0 Å². The molecule has 4 aromatic carbocycles. The van der Waals surface area contributed by atoms with Gasteiger partial charge in [0.15, 0.2) is 0 Å². The zero-order valence-electron chi connectivity index (χ0n) is 29.0. The van der Waals surface area contributed by atoms with Gasteiger partial charge in [0.1, 0.15) is 30.1 Å². The van der Waals surface area contributed by atoms with Crippen molar-refractivity contribution >= 4 is 40.6 Å². The van der Waals surface area contributed by atoms with E-state index in [1.807, 2.05) is 119 Å². The largest absolute Gasteiger partial charge is 0.481 e. The number of carbonyl (C=O) groups excluding carboxylic acids is 1. The minimum atomic E-state index is -1.13. The minimum Gasteiger partial charge on any atom is -0.481 e. The monoisotopic (exact) mass is 796 g/mol. The first-order valence-corrected chi connectivity index (χ1v) is 18.0. The lowest BCUT2D eigenvalue weighted by Gasteiger charge is -2.29. The third kappa shape index (κ3) is 8.68. The van der Waals surface area contributed by atoms with Gasteiger partial charge in [-0.05, 0) is 88.9 Å². The number of ether oxygens (including phenoxy) is 2. The summed E-state index contributed by atoms with van der Waals surface area (Å²) in [6.07, 6.45) is 0.531.